The summed E-state index contributed by atoms with van der Waals surface area (Å²) < 4.78 is 28.6. The van der Waals surface area contributed by atoms with Gasteiger partial charge in [-0.3, -0.25) is 9.59 Å². The van der Waals surface area contributed by atoms with Crippen LogP contribution in [0.2, 0.25) is 0 Å². The molecule has 2 aromatic rings. The number of rotatable bonds is 5. The standard InChI is InChI=1S/C18H16F2N2O3/c19-18(20)25-13-9-7-12(8-10-13)21-17(24)14-4-1-2-5-15(14)22-11-3-6-16(22)23/h1-2,4-5,7-10,18H,3,6,11H2,(H,21,24). The van der Waals surface area contributed by atoms with Crippen molar-refractivity contribution in [1.82, 2.24) is 0 Å². The lowest BCUT2D eigenvalue weighted by atomic mass is 10.1. The summed E-state index contributed by atoms with van der Waals surface area (Å²) in [6, 6.07) is 12.5. The molecule has 0 spiro atoms. The van der Waals surface area contributed by atoms with Crippen LogP contribution in [0.5, 0.6) is 5.75 Å². The van der Waals surface area contributed by atoms with Crippen LogP contribution in [0.1, 0.15) is 23.2 Å². The van der Waals surface area contributed by atoms with Gasteiger partial charge in [-0.25, -0.2) is 0 Å². The number of halogens is 2. The molecule has 0 unspecified atom stereocenters. The molecule has 1 heterocycles. The maximum Gasteiger partial charge on any atom is 0.387 e. The largest absolute Gasteiger partial charge is 0.435 e. The molecule has 1 N–H and O–H groups in total. The number of nitrogens with one attached hydrogen (secondary N) is 1. The first-order valence-electron chi connectivity index (χ1n) is 7.80. The minimum Gasteiger partial charge on any atom is -0.435 e. The molecule has 3 rings (SSSR count). The van der Waals surface area contributed by atoms with E-state index < -0.39 is 6.61 Å². The van der Waals surface area contributed by atoms with Gasteiger partial charge in [0.1, 0.15) is 5.75 Å². The van der Waals surface area contributed by atoms with E-state index >= 15 is 0 Å². The minimum atomic E-state index is -2.90. The van der Waals surface area contributed by atoms with E-state index in [0.29, 0.717) is 29.9 Å². The monoisotopic (exact) mass is 346 g/mol. The normalized spacial score (nSPS) is 14.0. The van der Waals surface area contributed by atoms with Crippen LogP contribution in [0.25, 0.3) is 0 Å². The number of hydrogen-bond donors (Lipinski definition) is 1. The second-order valence-corrected chi connectivity index (χ2v) is 5.52. The number of amides is 2. The zero-order valence-corrected chi connectivity index (χ0v) is 13.2. The highest BCUT2D eigenvalue weighted by atomic mass is 19.3. The Bertz CT molecular complexity index is 778. The highest BCUT2D eigenvalue weighted by molar-refractivity contribution is 6.11. The summed E-state index contributed by atoms with van der Waals surface area (Å²) in [6.45, 7) is -2.31. The molecule has 7 heteroatoms. The number of benzene rings is 2. The average molecular weight is 346 g/mol. The van der Waals surface area contributed by atoms with Crippen LogP contribution >= 0.6 is 0 Å². The molecular weight excluding hydrogens is 330 g/mol. The summed E-state index contributed by atoms with van der Waals surface area (Å²) in [4.78, 5) is 26.1. The molecule has 0 atom stereocenters. The van der Waals surface area contributed by atoms with Crippen LogP contribution in [0.4, 0.5) is 20.2 Å². The van der Waals surface area contributed by atoms with Crippen molar-refractivity contribution in [3.05, 3.63) is 54.1 Å². The number of hydrogen-bond acceptors (Lipinski definition) is 3. The van der Waals surface area contributed by atoms with Crippen molar-refractivity contribution in [3.63, 3.8) is 0 Å². The molecule has 0 radical (unpaired) electrons. The Kier molecular flexibility index (Phi) is 4.92. The maximum absolute atomic E-state index is 12.6. The summed E-state index contributed by atoms with van der Waals surface area (Å²) in [5, 5.41) is 2.70. The van der Waals surface area contributed by atoms with E-state index in [2.05, 4.69) is 10.1 Å². The van der Waals surface area contributed by atoms with Gasteiger partial charge in [-0.1, -0.05) is 12.1 Å². The van der Waals surface area contributed by atoms with Crippen LogP contribution in [-0.4, -0.2) is 25.0 Å². The van der Waals surface area contributed by atoms with Gasteiger partial charge < -0.3 is 15.0 Å². The highest BCUT2D eigenvalue weighted by Gasteiger charge is 2.25. The van der Waals surface area contributed by atoms with Gasteiger partial charge in [0.2, 0.25) is 5.91 Å². The van der Waals surface area contributed by atoms with Gasteiger partial charge in [0.15, 0.2) is 0 Å². The Morgan fingerprint density at radius 1 is 1.12 bits per heavy atom. The Hall–Kier alpha value is -2.96. The molecule has 0 aromatic heterocycles. The van der Waals surface area contributed by atoms with Crippen molar-refractivity contribution in [1.29, 1.82) is 0 Å². The number of alkyl halides is 2. The first-order valence-corrected chi connectivity index (χ1v) is 7.80. The van der Waals surface area contributed by atoms with Gasteiger partial charge >= 0.3 is 6.61 Å². The quantitative estimate of drug-likeness (QED) is 0.899. The van der Waals surface area contributed by atoms with Gasteiger partial charge in [0.25, 0.3) is 5.91 Å². The second-order valence-electron chi connectivity index (χ2n) is 5.52. The van der Waals surface area contributed by atoms with E-state index in [-0.39, 0.29) is 17.6 Å². The Morgan fingerprint density at radius 2 is 1.84 bits per heavy atom. The van der Waals surface area contributed by atoms with Crippen LogP contribution in [0.15, 0.2) is 48.5 Å². The van der Waals surface area contributed by atoms with Gasteiger partial charge in [0.05, 0.1) is 11.3 Å². The highest BCUT2D eigenvalue weighted by Crippen LogP contribution is 2.26. The fourth-order valence-electron chi connectivity index (χ4n) is 2.72. The lowest BCUT2D eigenvalue weighted by Crippen LogP contribution is -2.27. The fourth-order valence-corrected chi connectivity index (χ4v) is 2.72. The first kappa shape index (κ1) is 16.9. The van der Waals surface area contributed by atoms with Crippen molar-refractivity contribution < 1.29 is 23.1 Å². The molecule has 2 amide bonds. The molecule has 130 valence electrons. The third-order valence-electron chi connectivity index (χ3n) is 3.85. The topological polar surface area (TPSA) is 58.6 Å². The number of anilines is 2. The predicted molar refractivity (Wildman–Crippen MR) is 89.1 cm³/mol. The van der Waals surface area contributed by atoms with E-state index in [9.17, 15) is 18.4 Å². The fraction of sp³-hybridized carbons (Fsp3) is 0.222. The molecule has 1 aliphatic heterocycles. The molecule has 0 bridgehead atoms. The Balaban J connectivity index is 1.76. The van der Waals surface area contributed by atoms with Crippen molar-refractivity contribution >= 4 is 23.2 Å². The molecular formula is C18H16F2N2O3. The summed E-state index contributed by atoms with van der Waals surface area (Å²) in [7, 11) is 0. The van der Waals surface area contributed by atoms with Gasteiger partial charge in [0, 0.05) is 18.7 Å². The molecule has 1 fully saturated rings. The SMILES string of the molecule is O=C(Nc1ccc(OC(F)F)cc1)c1ccccc1N1CCCC1=O. The van der Waals surface area contributed by atoms with E-state index in [1.54, 1.807) is 29.2 Å². The molecule has 2 aromatic carbocycles. The smallest absolute Gasteiger partial charge is 0.387 e. The first-order chi connectivity index (χ1) is 12.0. The molecule has 25 heavy (non-hydrogen) atoms. The van der Waals surface area contributed by atoms with Gasteiger partial charge in [-0.15, -0.1) is 0 Å². The van der Waals surface area contributed by atoms with Gasteiger partial charge in [-0.05, 0) is 42.8 Å². The summed E-state index contributed by atoms with van der Waals surface area (Å²) >= 11 is 0. The van der Waals surface area contributed by atoms with Crippen molar-refractivity contribution in [3.8, 4) is 5.75 Å². The summed E-state index contributed by atoms with van der Waals surface area (Å²) in [6.07, 6.45) is 1.24. The number of nitrogens with zero attached hydrogens (tertiary/aromatic N) is 1. The van der Waals surface area contributed by atoms with Crippen LogP contribution < -0.4 is 15.0 Å². The summed E-state index contributed by atoms with van der Waals surface area (Å²) in [5.41, 5.74) is 1.39. The average Bonchev–Trinajstić information content (AvgIpc) is 3.02. The molecule has 0 aliphatic carbocycles. The Morgan fingerprint density at radius 3 is 2.48 bits per heavy atom. The zero-order chi connectivity index (χ0) is 17.8. The van der Waals surface area contributed by atoms with Crippen LogP contribution in [0.3, 0.4) is 0 Å². The zero-order valence-electron chi connectivity index (χ0n) is 13.2. The van der Waals surface area contributed by atoms with E-state index in [1.807, 2.05) is 0 Å². The third kappa shape index (κ3) is 3.93. The lowest BCUT2D eigenvalue weighted by Gasteiger charge is -2.19. The number of ether oxygens (including phenoxy) is 1. The van der Waals surface area contributed by atoms with Gasteiger partial charge in [-0.2, -0.15) is 8.78 Å². The van der Waals surface area contributed by atoms with Crippen LogP contribution in [-0.2, 0) is 4.79 Å². The molecule has 1 aliphatic rings. The van der Waals surface area contributed by atoms with Crippen molar-refractivity contribution in [2.45, 2.75) is 19.5 Å². The molecule has 0 saturated carbocycles. The predicted octanol–water partition coefficient (Wildman–Crippen LogP) is 3.67. The second kappa shape index (κ2) is 7.29. The molecule has 5 nitrogen and oxygen atoms in total. The van der Waals surface area contributed by atoms with Crippen molar-refractivity contribution in [2.24, 2.45) is 0 Å². The van der Waals surface area contributed by atoms with E-state index in [4.69, 9.17) is 0 Å². The summed E-state index contributed by atoms with van der Waals surface area (Å²) in [5.74, 6) is -0.373. The van der Waals surface area contributed by atoms with E-state index in [0.717, 1.165) is 6.42 Å². The van der Waals surface area contributed by atoms with Crippen LogP contribution in [0, 0.1) is 0 Å². The number of carbonyl (C=O) groups is 2. The van der Waals surface area contributed by atoms with Crippen molar-refractivity contribution in [2.75, 3.05) is 16.8 Å². The maximum atomic E-state index is 12.6. The minimum absolute atomic E-state index is 0.00579. The number of carbonyl (C=O) groups excluding carboxylic acids is 2. The Labute approximate surface area is 143 Å². The third-order valence-corrected chi connectivity index (χ3v) is 3.85. The van der Waals surface area contributed by atoms with E-state index in [1.165, 1.54) is 24.3 Å². The lowest BCUT2D eigenvalue weighted by molar-refractivity contribution is -0.117. The number of para-hydroxylation sites is 1. The molecule has 1 saturated heterocycles.